The van der Waals surface area contributed by atoms with Crippen molar-refractivity contribution in [2.75, 3.05) is 13.2 Å². The van der Waals surface area contributed by atoms with Crippen LogP contribution in [0.3, 0.4) is 0 Å². The highest BCUT2D eigenvalue weighted by atomic mass is 32.2. The van der Waals surface area contributed by atoms with Crippen molar-refractivity contribution in [3.05, 3.63) is 47.4 Å². The van der Waals surface area contributed by atoms with Gasteiger partial charge in [0.2, 0.25) is 0 Å². The van der Waals surface area contributed by atoms with Crippen LogP contribution in [0.4, 0.5) is 0 Å². The van der Waals surface area contributed by atoms with Crippen molar-refractivity contribution in [1.82, 2.24) is 4.90 Å². The van der Waals surface area contributed by atoms with Gasteiger partial charge in [-0.25, -0.2) is 0 Å². The normalized spacial score (nSPS) is 16.6. The second-order valence-electron chi connectivity index (χ2n) is 4.51. The molecule has 2 rings (SSSR count). The molecule has 0 unspecified atom stereocenters. The topological polar surface area (TPSA) is 29.5 Å². The quantitative estimate of drug-likeness (QED) is 0.452. The van der Waals surface area contributed by atoms with Crippen molar-refractivity contribution in [2.24, 2.45) is 0 Å². The smallest absolute Gasteiger partial charge is 0.266 e. The van der Waals surface area contributed by atoms with Gasteiger partial charge in [0.05, 0.1) is 4.91 Å². The average molecular weight is 319 g/mol. The summed E-state index contributed by atoms with van der Waals surface area (Å²) in [6.07, 6.45) is 4.45. The molecule has 1 aliphatic heterocycles. The molecular weight excluding hydrogens is 302 g/mol. The van der Waals surface area contributed by atoms with Crippen LogP contribution in [-0.2, 0) is 4.79 Å². The highest BCUT2D eigenvalue weighted by molar-refractivity contribution is 8.26. The molecule has 110 valence electrons. The zero-order valence-electron chi connectivity index (χ0n) is 11.9. The molecule has 1 aromatic carbocycles. The second kappa shape index (κ2) is 7.43. The molecular formula is C16H17NO2S2. The maximum atomic E-state index is 12.3. The molecule has 5 heteroatoms. The summed E-state index contributed by atoms with van der Waals surface area (Å²) < 4.78 is 6.12. The van der Waals surface area contributed by atoms with Gasteiger partial charge in [-0.15, -0.1) is 0 Å². The van der Waals surface area contributed by atoms with Gasteiger partial charge < -0.3 is 4.74 Å². The summed E-state index contributed by atoms with van der Waals surface area (Å²) in [4.78, 5) is 14.6. The van der Waals surface area contributed by atoms with Gasteiger partial charge in [0, 0.05) is 6.54 Å². The monoisotopic (exact) mass is 319 g/mol. The minimum atomic E-state index is -0.00994. The van der Waals surface area contributed by atoms with E-state index in [4.69, 9.17) is 17.0 Å². The van der Waals surface area contributed by atoms with Gasteiger partial charge >= 0.3 is 0 Å². The number of thioether (sulfide) groups is 1. The fraction of sp³-hybridized carbons (Fsp3) is 0.250. The Morgan fingerprint density at radius 1 is 1.48 bits per heavy atom. The van der Waals surface area contributed by atoms with E-state index in [1.165, 1.54) is 11.8 Å². The molecule has 3 nitrogen and oxygen atoms in total. The molecule has 0 N–H and O–H groups in total. The van der Waals surface area contributed by atoms with Crippen LogP contribution in [0, 0.1) is 0 Å². The summed E-state index contributed by atoms with van der Waals surface area (Å²) in [5, 5.41) is 0. The molecule has 1 fully saturated rings. The predicted octanol–water partition coefficient (Wildman–Crippen LogP) is 3.86. The first-order chi connectivity index (χ1) is 10.2. The van der Waals surface area contributed by atoms with E-state index in [-0.39, 0.29) is 5.91 Å². The molecule has 1 aromatic rings. The van der Waals surface area contributed by atoms with Crippen LogP contribution in [0.15, 0.2) is 41.8 Å². The van der Waals surface area contributed by atoms with E-state index in [2.05, 4.69) is 6.58 Å². The lowest BCUT2D eigenvalue weighted by Crippen LogP contribution is -2.28. The fourth-order valence-corrected chi connectivity index (χ4v) is 3.23. The summed E-state index contributed by atoms with van der Waals surface area (Å²) in [5.74, 6) is 0.747. The summed E-state index contributed by atoms with van der Waals surface area (Å²) in [7, 11) is 0. The number of hydrogen-bond donors (Lipinski definition) is 0. The van der Waals surface area contributed by atoms with Crippen molar-refractivity contribution in [3.63, 3.8) is 0 Å². The summed E-state index contributed by atoms with van der Waals surface area (Å²) in [6, 6.07) is 7.61. The van der Waals surface area contributed by atoms with Crippen LogP contribution in [0.2, 0.25) is 0 Å². The molecule has 0 bridgehead atoms. The lowest BCUT2D eigenvalue weighted by Gasteiger charge is -2.11. The third kappa shape index (κ3) is 3.95. The number of carbonyl (C=O) groups is 1. The Balaban J connectivity index is 2.18. The molecule has 21 heavy (non-hydrogen) atoms. The Hall–Kier alpha value is -1.59. The maximum Gasteiger partial charge on any atom is 0.266 e. The molecule has 0 atom stereocenters. The summed E-state index contributed by atoms with van der Waals surface area (Å²) in [6.45, 7) is 6.78. The highest BCUT2D eigenvalue weighted by Gasteiger charge is 2.31. The van der Waals surface area contributed by atoms with E-state index in [1.54, 1.807) is 11.0 Å². The first-order valence-electron chi connectivity index (χ1n) is 6.75. The van der Waals surface area contributed by atoms with Gasteiger partial charge in [0.1, 0.15) is 16.7 Å². The van der Waals surface area contributed by atoms with Gasteiger partial charge in [-0.1, -0.05) is 55.7 Å². The van der Waals surface area contributed by atoms with Crippen molar-refractivity contribution in [3.8, 4) is 5.75 Å². The van der Waals surface area contributed by atoms with E-state index < -0.39 is 0 Å². The first kappa shape index (κ1) is 15.8. The van der Waals surface area contributed by atoms with E-state index in [0.717, 1.165) is 17.7 Å². The molecule has 1 aliphatic rings. The van der Waals surface area contributed by atoms with Crippen LogP contribution < -0.4 is 4.74 Å². The third-order valence-corrected chi connectivity index (χ3v) is 4.22. The summed E-state index contributed by atoms with van der Waals surface area (Å²) >= 11 is 6.60. The number of carbonyl (C=O) groups excluding carboxylic acids is 1. The molecule has 0 radical (unpaired) electrons. The minimum Gasteiger partial charge on any atom is -0.490 e. The van der Waals surface area contributed by atoms with Gasteiger partial charge in [-0.05, 0) is 30.2 Å². The molecule has 1 amide bonds. The van der Waals surface area contributed by atoms with Crippen molar-refractivity contribution < 1.29 is 9.53 Å². The Morgan fingerprint density at radius 3 is 3.00 bits per heavy atom. The van der Waals surface area contributed by atoms with Crippen LogP contribution in [0.1, 0.15) is 18.9 Å². The number of ether oxygens (including phenoxy) is 1. The Bertz CT molecular complexity index is 596. The minimum absolute atomic E-state index is 0.00994. The highest BCUT2D eigenvalue weighted by Crippen LogP contribution is 2.32. The van der Waals surface area contributed by atoms with Gasteiger partial charge in [-0.3, -0.25) is 9.69 Å². The van der Waals surface area contributed by atoms with Crippen molar-refractivity contribution in [1.29, 1.82) is 0 Å². The number of benzene rings is 1. The largest absolute Gasteiger partial charge is 0.490 e. The summed E-state index contributed by atoms with van der Waals surface area (Å²) in [5.41, 5.74) is 0.925. The molecule has 0 aromatic heterocycles. The van der Waals surface area contributed by atoms with E-state index in [0.29, 0.717) is 22.4 Å². The van der Waals surface area contributed by atoms with Crippen LogP contribution in [0.5, 0.6) is 5.75 Å². The van der Waals surface area contributed by atoms with Gasteiger partial charge in [0.15, 0.2) is 0 Å². The van der Waals surface area contributed by atoms with E-state index in [1.807, 2.05) is 37.3 Å². The van der Waals surface area contributed by atoms with E-state index in [9.17, 15) is 4.79 Å². The van der Waals surface area contributed by atoms with E-state index >= 15 is 0 Å². The molecule has 0 aliphatic carbocycles. The van der Waals surface area contributed by atoms with Crippen molar-refractivity contribution in [2.45, 2.75) is 13.3 Å². The first-order valence-corrected chi connectivity index (χ1v) is 7.97. The maximum absolute atomic E-state index is 12.3. The molecule has 1 heterocycles. The SMILES string of the molecule is C=CCOc1cccc(/C=C2\SC(=S)N(CCC)C2=O)c1. The third-order valence-electron chi connectivity index (χ3n) is 2.84. The van der Waals surface area contributed by atoms with Crippen LogP contribution in [0.25, 0.3) is 6.08 Å². The number of hydrogen-bond acceptors (Lipinski definition) is 4. The lowest BCUT2D eigenvalue weighted by molar-refractivity contribution is -0.122. The Kier molecular flexibility index (Phi) is 5.59. The molecule has 0 spiro atoms. The number of thiocarbonyl (C=S) groups is 1. The zero-order chi connectivity index (χ0) is 15.2. The Morgan fingerprint density at radius 2 is 2.29 bits per heavy atom. The molecule has 0 saturated carbocycles. The standard InChI is InChI=1S/C16H17NO2S2/c1-3-8-17-15(18)14(21-16(17)20)11-12-6-5-7-13(10-12)19-9-4-2/h4-7,10-11H,2-3,8-9H2,1H3/b14-11-. The molecule has 1 saturated heterocycles. The zero-order valence-corrected chi connectivity index (χ0v) is 13.5. The Labute approximate surface area is 134 Å². The number of nitrogens with zero attached hydrogens (tertiary/aromatic N) is 1. The average Bonchev–Trinajstić information content (AvgIpc) is 2.73. The van der Waals surface area contributed by atoms with Gasteiger partial charge in [-0.2, -0.15) is 0 Å². The number of rotatable bonds is 6. The van der Waals surface area contributed by atoms with Crippen LogP contribution in [-0.4, -0.2) is 28.3 Å². The van der Waals surface area contributed by atoms with Crippen LogP contribution >= 0.6 is 24.0 Å². The number of amides is 1. The fourth-order valence-electron chi connectivity index (χ4n) is 1.92. The lowest BCUT2D eigenvalue weighted by atomic mass is 10.2. The predicted molar refractivity (Wildman–Crippen MR) is 92.3 cm³/mol. The van der Waals surface area contributed by atoms with Crippen molar-refractivity contribution >= 4 is 40.3 Å². The van der Waals surface area contributed by atoms with Gasteiger partial charge in [0.25, 0.3) is 5.91 Å². The second-order valence-corrected chi connectivity index (χ2v) is 6.18.